The van der Waals surface area contributed by atoms with Gasteiger partial charge in [-0.15, -0.1) is 0 Å². The number of rotatable bonds is 8. The van der Waals surface area contributed by atoms with Crippen LogP contribution in [0.5, 0.6) is 0 Å². The van der Waals surface area contributed by atoms with E-state index in [1.165, 1.54) is 49.7 Å². The van der Waals surface area contributed by atoms with E-state index < -0.39 is 8.32 Å². The summed E-state index contributed by atoms with van der Waals surface area (Å²) in [7, 11) is -1.79. The fourth-order valence-electron chi connectivity index (χ4n) is 8.48. The minimum Gasteiger partial charge on any atom is -0.412 e. The monoisotopic (exact) mass is 438 g/mol. The summed E-state index contributed by atoms with van der Waals surface area (Å²) in [6.07, 6.45) is 11.2. The van der Waals surface area contributed by atoms with E-state index in [1.807, 2.05) is 0 Å². The first-order chi connectivity index (χ1) is 14.7. The van der Waals surface area contributed by atoms with Crippen molar-refractivity contribution in [3.63, 3.8) is 0 Å². The number of hydrogen-bond donors (Lipinski definition) is 0. The second-order valence-corrected chi connectivity index (χ2v) is 17.8. The molecule has 0 aliphatic heterocycles. The molecule has 0 amide bonds. The molecule has 0 atom stereocenters. The third-order valence-corrected chi connectivity index (χ3v) is 15.5. The van der Waals surface area contributed by atoms with Crippen molar-refractivity contribution in [1.82, 2.24) is 0 Å². The van der Waals surface area contributed by atoms with Gasteiger partial charge in [-0.1, -0.05) is 71.9 Å². The zero-order valence-electron chi connectivity index (χ0n) is 21.2. The van der Waals surface area contributed by atoms with Gasteiger partial charge in [0, 0.05) is 0 Å². The second-order valence-electron chi connectivity index (χ2n) is 12.3. The molecule has 0 N–H and O–H groups in total. The van der Waals surface area contributed by atoms with Gasteiger partial charge in [0.15, 0.2) is 0 Å². The average molecular weight is 439 g/mol. The largest absolute Gasteiger partial charge is 0.412 e. The standard InChI is InChI=1S/C29H46OSi/c1-20(2)31(21(3)4,22(5)6)30-13-12-23(7)27-8-10-28(11-9-27)29-17-24-14-25(18-29)16-26(15-24)19-29/h8-12,20-22,24-26H,13-19H2,1-7H3/b23-12-. The van der Waals surface area contributed by atoms with Crippen LogP contribution >= 0.6 is 0 Å². The van der Waals surface area contributed by atoms with E-state index in [1.54, 1.807) is 5.56 Å². The normalized spacial score (nSPS) is 30.8. The number of benzene rings is 1. The fourth-order valence-corrected chi connectivity index (χ4v) is 13.9. The molecule has 2 heteroatoms. The molecule has 0 unspecified atom stereocenters. The Hall–Kier alpha value is -0.863. The Morgan fingerprint density at radius 2 is 1.32 bits per heavy atom. The molecule has 4 fully saturated rings. The maximum atomic E-state index is 6.76. The highest BCUT2D eigenvalue weighted by Crippen LogP contribution is 2.60. The zero-order valence-corrected chi connectivity index (χ0v) is 22.2. The summed E-state index contributed by atoms with van der Waals surface area (Å²) in [6.45, 7) is 17.2. The lowest BCUT2D eigenvalue weighted by Gasteiger charge is -2.57. The van der Waals surface area contributed by atoms with E-state index in [0.717, 1.165) is 24.4 Å². The smallest absolute Gasteiger partial charge is 0.200 e. The summed E-state index contributed by atoms with van der Waals surface area (Å²) in [6, 6.07) is 9.71. The topological polar surface area (TPSA) is 9.23 Å². The molecular formula is C29H46OSi. The van der Waals surface area contributed by atoms with Gasteiger partial charge in [-0.05, 0) is 102 Å². The maximum Gasteiger partial charge on any atom is 0.200 e. The third-order valence-electron chi connectivity index (χ3n) is 9.42. The Balaban J connectivity index is 1.45. The highest BCUT2D eigenvalue weighted by Gasteiger charge is 2.51. The summed E-state index contributed by atoms with van der Waals surface area (Å²) in [5.74, 6) is 3.03. The third kappa shape index (κ3) is 4.24. The van der Waals surface area contributed by atoms with Gasteiger partial charge in [-0.3, -0.25) is 0 Å². The lowest BCUT2D eigenvalue weighted by molar-refractivity contribution is -0.00518. The first kappa shape index (κ1) is 23.3. The van der Waals surface area contributed by atoms with E-state index in [-0.39, 0.29) is 0 Å². The Labute approximate surface area is 193 Å². The van der Waals surface area contributed by atoms with Crippen LogP contribution in [0.4, 0.5) is 0 Å². The average Bonchev–Trinajstić information content (AvgIpc) is 2.69. The SMILES string of the molecule is C/C(=C/CO[Si](C(C)C)(C(C)C)C(C)C)c1ccc(C23CC4CC(CC(C4)C2)C3)cc1. The van der Waals surface area contributed by atoms with E-state index in [0.29, 0.717) is 22.0 Å². The summed E-state index contributed by atoms with van der Waals surface area (Å²) < 4.78 is 6.76. The molecular weight excluding hydrogens is 392 g/mol. The van der Waals surface area contributed by atoms with Crippen LogP contribution in [0.1, 0.15) is 98.1 Å². The molecule has 172 valence electrons. The Kier molecular flexibility index (Phi) is 6.63. The molecule has 1 nitrogen and oxygen atoms in total. The van der Waals surface area contributed by atoms with Gasteiger partial charge in [-0.2, -0.15) is 0 Å². The van der Waals surface area contributed by atoms with Crippen molar-refractivity contribution in [3.05, 3.63) is 41.5 Å². The van der Waals surface area contributed by atoms with Gasteiger partial charge in [0.1, 0.15) is 0 Å². The lowest BCUT2D eigenvalue weighted by Crippen LogP contribution is -2.48. The Morgan fingerprint density at radius 1 is 0.871 bits per heavy atom. The van der Waals surface area contributed by atoms with Crippen molar-refractivity contribution in [2.75, 3.05) is 6.61 Å². The molecule has 0 heterocycles. The lowest BCUT2D eigenvalue weighted by atomic mass is 9.48. The van der Waals surface area contributed by atoms with E-state index in [4.69, 9.17) is 4.43 Å². The molecule has 4 aliphatic rings. The van der Waals surface area contributed by atoms with E-state index in [2.05, 4.69) is 78.8 Å². The van der Waals surface area contributed by atoms with Gasteiger partial charge >= 0.3 is 0 Å². The van der Waals surface area contributed by atoms with Crippen molar-refractivity contribution in [3.8, 4) is 0 Å². The van der Waals surface area contributed by atoms with Crippen molar-refractivity contribution >= 4 is 13.9 Å². The van der Waals surface area contributed by atoms with Crippen LogP contribution < -0.4 is 0 Å². The van der Waals surface area contributed by atoms with Crippen LogP contribution in [-0.4, -0.2) is 14.9 Å². The van der Waals surface area contributed by atoms with E-state index >= 15 is 0 Å². The number of hydrogen-bond acceptors (Lipinski definition) is 1. The van der Waals surface area contributed by atoms with Crippen molar-refractivity contribution in [1.29, 1.82) is 0 Å². The first-order valence-electron chi connectivity index (χ1n) is 13.1. The van der Waals surface area contributed by atoms with Gasteiger partial charge in [0.25, 0.3) is 0 Å². The van der Waals surface area contributed by atoms with Gasteiger partial charge in [0.2, 0.25) is 8.32 Å². The molecule has 0 saturated heterocycles. The molecule has 5 rings (SSSR count). The predicted octanol–water partition coefficient (Wildman–Crippen LogP) is 8.75. The minimum absolute atomic E-state index is 0.505. The van der Waals surface area contributed by atoms with Crippen LogP contribution in [0.15, 0.2) is 30.3 Å². The van der Waals surface area contributed by atoms with E-state index in [9.17, 15) is 0 Å². The molecule has 0 radical (unpaired) electrons. The summed E-state index contributed by atoms with van der Waals surface area (Å²) in [5, 5.41) is 0. The van der Waals surface area contributed by atoms with Crippen molar-refractivity contribution in [2.45, 2.75) is 109 Å². The summed E-state index contributed by atoms with van der Waals surface area (Å²) in [5.41, 5.74) is 6.78. The molecule has 31 heavy (non-hydrogen) atoms. The van der Waals surface area contributed by atoms with Gasteiger partial charge in [0.05, 0.1) is 6.61 Å². The Bertz CT molecular complexity index is 728. The quantitative estimate of drug-likeness (QED) is 0.369. The van der Waals surface area contributed by atoms with Crippen molar-refractivity contribution < 1.29 is 4.43 Å². The maximum absolute atomic E-state index is 6.76. The molecule has 4 saturated carbocycles. The highest BCUT2D eigenvalue weighted by atomic mass is 28.4. The van der Waals surface area contributed by atoms with Gasteiger partial charge in [-0.25, -0.2) is 0 Å². The van der Waals surface area contributed by atoms with Crippen LogP contribution in [0, 0.1) is 17.8 Å². The Morgan fingerprint density at radius 3 is 1.74 bits per heavy atom. The fraction of sp³-hybridized carbons (Fsp3) is 0.724. The van der Waals surface area contributed by atoms with Crippen LogP contribution in [0.2, 0.25) is 16.6 Å². The zero-order chi connectivity index (χ0) is 22.4. The highest BCUT2D eigenvalue weighted by molar-refractivity contribution is 6.77. The first-order valence-corrected chi connectivity index (χ1v) is 15.2. The molecule has 1 aromatic rings. The molecule has 0 spiro atoms. The van der Waals surface area contributed by atoms with Crippen LogP contribution in [0.3, 0.4) is 0 Å². The minimum atomic E-state index is -1.79. The molecule has 4 aliphatic carbocycles. The second kappa shape index (κ2) is 8.82. The molecule has 0 aromatic heterocycles. The summed E-state index contributed by atoms with van der Waals surface area (Å²) in [4.78, 5) is 0. The predicted molar refractivity (Wildman–Crippen MR) is 137 cm³/mol. The molecule has 4 bridgehead atoms. The van der Waals surface area contributed by atoms with Crippen LogP contribution in [0.25, 0.3) is 5.57 Å². The molecule has 1 aromatic carbocycles. The number of allylic oxidation sites excluding steroid dienone is 1. The summed E-state index contributed by atoms with van der Waals surface area (Å²) >= 11 is 0. The van der Waals surface area contributed by atoms with Crippen LogP contribution in [-0.2, 0) is 9.84 Å². The van der Waals surface area contributed by atoms with Gasteiger partial charge < -0.3 is 4.43 Å². The van der Waals surface area contributed by atoms with Crippen molar-refractivity contribution in [2.24, 2.45) is 17.8 Å².